The standard InChI is InChI=1S/C15H10BrN3OS/c16-11-5-3-4-10(8-11)9-17-19-14(20)12-6-1-2-7-13(12)18-15(19)21/h1-9H,(H,18,21)/b17-9-. The second kappa shape index (κ2) is 5.75. The molecule has 0 radical (unpaired) electrons. The monoisotopic (exact) mass is 359 g/mol. The van der Waals surface area contributed by atoms with Gasteiger partial charge in [-0.25, -0.2) is 0 Å². The molecule has 0 unspecified atom stereocenters. The van der Waals surface area contributed by atoms with Crippen LogP contribution in [0.5, 0.6) is 0 Å². The van der Waals surface area contributed by atoms with Gasteiger partial charge in [-0.05, 0) is 42.0 Å². The Morgan fingerprint density at radius 1 is 1.19 bits per heavy atom. The molecule has 4 nitrogen and oxygen atoms in total. The van der Waals surface area contributed by atoms with Crippen molar-refractivity contribution in [1.82, 2.24) is 9.66 Å². The lowest BCUT2D eigenvalue weighted by molar-refractivity contribution is 0.800. The van der Waals surface area contributed by atoms with E-state index in [1.807, 2.05) is 42.5 Å². The molecule has 21 heavy (non-hydrogen) atoms. The largest absolute Gasteiger partial charge is 0.330 e. The van der Waals surface area contributed by atoms with Gasteiger partial charge in [0.15, 0.2) is 0 Å². The minimum absolute atomic E-state index is 0.236. The number of hydrogen-bond acceptors (Lipinski definition) is 3. The third-order valence-electron chi connectivity index (χ3n) is 2.95. The summed E-state index contributed by atoms with van der Waals surface area (Å²) in [6.07, 6.45) is 1.60. The van der Waals surface area contributed by atoms with Crippen LogP contribution in [-0.2, 0) is 0 Å². The lowest BCUT2D eigenvalue weighted by atomic mass is 10.2. The summed E-state index contributed by atoms with van der Waals surface area (Å²) in [4.78, 5) is 15.4. The maximum atomic E-state index is 12.4. The van der Waals surface area contributed by atoms with Crippen molar-refractivity contribution in [2.45, 2.75) is 0 Å². The van der Waals surface area contributed by atoms with Crippen LogP contribution in [0.4, 0.5) is 0 Å². The van der Waals surface area contributed by atoms with E-state index in [1.54, 1.807) is 12.3 Å². The molecule has 3 rings (SSSR count). The highest BCUT2D eigenvalue weighted by Gasteiger charge is 2.03. The van der Waals surface area contributed by atoms with Gasteiger partial charge in [-0.1, -0.05) is 40.2 Å². The lowest BCUT2D eigenvalue weighted by Crippen LogP contribution is -2.18. The molecule has 0 aliphatic rings. The smallest absolute Gasteiger partial charge is 0.282 e. The molecule has 6 heteroatoms. The summed E-state index contributed by atoms with van der Waals surface area (Å²) in [5.41, 5.74) is 1.35. The summed E-state index contributed by atoms with van der Waals surface area (Å²) in [5.74, 6) is 0. The Morgan fingerprint density at radius 3 is 2.81 bits per heavy atom. The van der Waals surface area contributed by atoms with Gasteiger partial charge >= 0.3 is 0 Å². The Morgan fingerprint density at radius 2 is 2.00 bits per heavy atom. The molecule has 0 fully saturated rings. The van der Waals surface area contributed by atoms with Gasteiger partial charge < -0.3 is 4.98 Å². The van der Waals surface area contributed by atoms with Crippen molar-refractivity contribution >= 4 is 45.3 Å². The topological polar surface area (TPSA) is 50.1 Å². The van der Waals surface area contributed by atoms with Crippen LogP contribution in [0.25, 0.3) is 10.9 Å². The average molecular weight is 360 g/mol. The van der Waals surface area contributed by atoms with Gasteiger partial charge in [0.2, 0.25) is 4.77 Å². The third kappa shape index (κ3) is 2.86. The number of halogens is 1. The number of H-pyrrole nitrogens is 1. The van der Waals surface area contributed by atoms with Crippen LogP contribution in [0.2, 0.25) is 0 Å². The molecule has 0 bridgehead atoms. The Kier molecular flexibility index (Phi) is 3.81. The SMILES string of the molecule is O=c1c2ccccc2[nH]c(=S)n1/N=C\c1cccc(Br)c1. The molecule has 0 spiro atoms. The van der Waals surface area contributed by atoms with E-state index in [2.05, 4.69) is 26.0 Å². The van der Waals surface area contributed by atoms with E-state index in [-0.39, 0.29) is 10.3 Å². The van der Waals surface area contributed by atoms with Gasteiger partial charge in [0.1, 0.15) is 0 Å². The summed E-state index contributed by atoms with van der Waals surface area (Å²) in [6, 6.07) is 14.8. The van der Waals surface area contributed by atoms with Crippen molar-refractivity contribution in [3.8, 4) is 0 Å². The molecule has 0 aliphatic heterocycles. The van der Waals surface area contributed by atoms with Crippen molar-refractivity contribution in [2.75, 3.05) is 0 Å². The molecular formula is C15H10BrN3OS. The fourth-order valence-corrected chi connectivity index (χ4v) is 2.63. The summed E-state index contributed by atoms with van der Waals surface area (Å²) >= 11 is 8.59. The van der Waals surface area contributed by atoms with E-state index in [0.29, 0.717) is 10.9 Å². The van der Waals surface area contributed by atoms with Gasteiger partial charge in [0.25, 0.3) is 5.56 Å². The van der Waals surface area contributed by atoms with Gasteiger partial charge in [0.05, 0.1) is 17.1 Å². The van der Waals surface area contributed by atoms with E-state index >= 15 is 0 Å². The molecule has 1 N–H and O–H groups in total. The highest BCUT2D eigenvalue weighted by molar-refractivity contribution is 9.10. The molecule has 0 saturated carbocycles. The highest BCUT2D eigenvalue weighted by Crippen LogP contribution is 2.10. The number of nitrogens with zero attached hydrogens (tertiary/aromatic N) is 2. The molecule has 0 atom stereocenters. The van der Waals surface area contributed by atoms with Crippen molar-refractivity contribution < 1.29 is 0 Å². The Labute approximate surface area is 133 Å². The van der Waals surface area contributed by atoms with E-state index in [0.717, 1.165) is 10.0 Å². The van der Waals surface area contributed by atoms with Crippen LogP contribution >= 0.6 is 28.1 Å². The number of aromatic amines is 1. The Hall–Kier alpha value is -2.05. The molecule has 0 aliphatic carbocycles. The fraction of sp³-hybridized carbons (Fsp3) is 0. The second-order valence-corrected chi connectivity index (χ2v) is 5.69. The number of rotatable bonds is 2. The van der Waals surface area contributed by atoms with Crippen LogP contribution in [0.15, 0.2) is 62.9 Å². The Bertz CT molecular complexity index is 959. The predicted octanol–water partition coefficient (Wildman–Crippen LogP) is 3.70. The van der Waals surface area contributed by atoms with E-state index in [1.165, 1.54) is 4.68 Å². The van der Waals surface area contributed by atoms with E-state index in [4.69, 9.17) is 12.2 Å². The van der Waals surface area contributed by atoms with Crippen molar-refractivity contribution in [3.05, 3.63) is 73.7 Å². The predicted molar refractivity (Wildman–Crippen MR) is 90.5 cm³/mol. The third-order valence-corrected chi connectivity index (χ3v) is 3.72. The quantitative estimate of drug-likeness (QED) is 0.560. The van der Waals surface area contributed by atoms with Crippen LogP contribution in [0.3, 0.4) is 0 Å². The zero-order chi connectivity index (χ0) is 14.8. The first-order chi connectivity index (χ1) is 10.1. The molecule has 0 amide bonds. The number of para-hydroxylation sites is 1. The first-order valence-electron chi connectivity index (χ1n) is 6.19. The number of nitrogens with one attached hydrogen (secondary N) is 1. The van der Waals surface area contributed by atoms with Crippen molar-refractivity contribution in [1.29, 1.82) is 0 Å². The minimum atomic E-state index is -0.236. The average Bonchev–Trinajstić information content (AvgIpc) is 2.47. The normalized spacial score (nSPS) is 11.3. The summed E-state index contributed by atoms with van der Waals surface area (Å²) in [7, 11) is 0. The fourth-order valence-electron chi connectivity index (χ4n) is 1.97. The van der Waals surface area contributed by atoms with Crippen LogP contribution in [0, 0.1) is 4.77 Å². The van der Waals surface area contributed by atoms with Crippen molar-refractivity contribution in [3.63, 3.8) is 0 Å². The summed E-state index contributed by atoms with van der Waals surface area (Å²) in [6.45, 7) is 0. The molecule has 104 valence electrons. The number of aromatic nitrogens is 2. The van der Waals surface area contributed by atoms with Gasteiger partial charge in [-0.3, -0.25) is 4.79 Å². The van der Waals surface area contributed by atoms with E-state index in [9.17, 15) is 4.79 Å². The second-order valence-electron chi connectivity index (χ2n) is 4.39. The zero-order valence-electron chi connectivity index (χ0n) is 10.8. The molecule has 0 saturated heterocycles. The molecule has 2 aromatic carbocycles. The number of fused-ring (bicyclic) bond motifs is 1. The first-order valence-corrected chi connectivity index (χ1v) is 7.39. The van der Waals surface area contributed by atoms with Crippen LogP contribution < -0.4 is 5.56 Å². The first kappa shape index (κ1) is 13.9. The van der Waals surface area contributed by atoms with Crippen molar-refractivity contribution in [2.24, 2.45) is 5.10 Å². The Balaban J connectivity index is 2.13. The lowest BCUT2D eigenvalue weighted by Gasteiger charge is -2.02. The summed E-state index contributed by atoms with van der Waals surface area (Å²) < 4.78 is 2.41. The van der Waals surface area contributed by atoms with E-state index < -0.39 is 0 Å². The van der Waals surface area contributed by atoms with Crippen LogP contribution in [0.1, 0.15) is 5.56 Å². The summed E-state index contributed by atoms with van der Waals surface area (Å²) in [5, 5.41) is 4.74. The highest BCUT2D eigenvalue weighted by atomic mass is 79.9. The molecule has 3 aromatic rings. The zero-order valence-corrected chi connectivity index (χ0v) is 13.2. The maximum absolute atomic E-state index is 12.4. The number of benzene rings is 2. The maximum Gasteiger partial charge on any atom is 0.282 e. The molecule has 1 heterocycles. The van der Waals surface area contributed by atoms with Gasteiger partial charge in [-0.15, -0.1) is 0 Å². The molecular weight excluding hydrogens is 350 g/mol. The van der Waals surface area contributed by atoms with Crippen LogP contribution in [-0.4, -0.2) is 15.9 Å². The minimum Gasteiger partial charge on any atom is -0.330 e. The number of hydrogen-bond donors (Lipinski definition) is 1. The van der Waals surface area contributed by atoms with Gasteiger partial charge in [0, 0.05) is 4.47 Å². The van der Waals surface area contributed by atoms with Gasteiger partial charge in [-0.2, -0.15) is 9.78 Å². The molecule has 1 aromatic heterocycles.